The zero-order chi connectivity index (χ0) is 21.4. The summed E-state index contributed by atoms with van der Waals surface area (Å²) in [4.78, 5) is 15.6. The Labute approximate surface area is 176 Å². The summed E-state index contributed by atoms with van der Waals surface area (Å²) in [5, 5.41) is 9.18. The van der Waals surface area contributed by atoms with Crippen molar-refractivity contribution in [1.82, 2.24) is 4.98 Å². The minimum atomic E-state index is -0.918. The second-order valence-corrected chi connectivity index (χ2v) is 7.28. The van der Waals surface area contributed by atoms with Crippen molar-refractivity contribution in [2.75, 3.05) is 0 Å². The number of hydrogen-bond acceptors (Lipinski definition) is 2. The summed E-state index contributed by atoms with van der Waals surface area (Å²) in [6.45, 7) is 1.99. The van der Waals surface area contributed by atoms with Crippen LogP contribution in [-0.4, -0.2) is 4.98 Å². The highest BCUT2D eigenvalue weighted by molar-refractivity contribution is 6.33. The average molecular weight is 421 g/mol. The van der Waals surface area contributed by atoms with Crippen molar-refractivity contribution in [2.24, 2.45) is 0 Å². The number of aryl methyl sites for hydroxylation is 1. The van der Waals surface area contributed by atoms with Crippen LogP contribution in [0, 0.1) is 23.0 Å². The first-order valence-corrected chi connectivity index (χ1v) is 9.65. The van der Waals surface area contributed by atoms with E-state index in [-0.39, 0.29) is 22.2 Å². The second kappa shape index (κ2) is 7.74. The maximum absolute atomic E-state index is 15.3. The van der Waals surface area contributed by atoms with E-state index in [1.54, 1.807) is 30.3 Å². The Morgan fingerprint density at radius 3 is 2.47 bits per heavy atom. The van der Waals surface area contributed by atoms with Crippen molar-refractivity contribution in [3.63, 3.8) is 0 Å². The topological polar surface area (TPSA) is 56.6 Å². The third-order valence-electron chi connectivity index (χ3n) is 5.05. The lowest BCUT2D eigenvalue weighted by Gasteiger charge is -2.11. The molecule has 0 aliphatic heterocycles. The van der Waals surface area contributed by atoms with Crippen LogP contribution in [0.4, 0.5) is 8.78 Å². The molecule has 3 aromatic carbocycles. The molecule has 1 aromatic heterocycles. The van der Waals surface area contributed by atoms with Crippen molar-refractivity contribution >= 4 is 22.5 Å². The fourth-order valence-corrected chi connectivity index (χ4v) is 3.68. The lowest BCUT2D eigenvalue weighted by Crippen LogP contribution is -2.08. The summed E-state index contributed by atoms with van der Waals surface area (Å²) < 4.78 is 30.1. The monoisotopic (exact) mass is 420 g/mol. The number of hydrogen-bond donors (Lipinski definition) is 1. The van der Waals surface area contributed by atoms with E-state index in [2.05, 4.69) is 4.98 Å². The molecular formula is C24H15ClF2N2O. The van der Waals surface area contributed by atoms with Gasteiger partial charge in [-0.05, 0) is 41.8 Å². The molecule has 1 heterocycles. The first kappa shape index (κ1) is 19.8. The van der Waals surface area contributed by atoms with Crippen LogP contribution in [0.2, 0.25) is 5.02 Å². The predicted molar refractivity (Wildman–Crippen MR) is 114 cm³/mol. The van der Waals surface area contributed by atoms with Crippen molar-refractivity contribution < 1.29 is 8.78 Å². The van der Waals surface area contributed by atoms with Gasteiger partial charge < -0.3 is 4.98 Å². The highest BCUT2D eigenvalue weighted by atomic mass is 35.5. The molecule has 0 bridgehead atoms. The molecule has 6 heteroatoms. The molecule has 3 nitrogen and oxygen atoms in total. The van der Waals surface area contributed by atoms with Gasteiger partial charge in [0.05, 0.1) is 33.8 Å². The molecule has 0 aliphatic rings. The molecule has 0 unspecified atom stereocenters. The molecule has 0 amide bonds. The molecule has 1 N–H and O–H groups in total. The number of aromatic amines is 1. The Kier molecular flexibility index (Phi) is 5.11. The molecule has 0 spiro atoms. The molecule has 0 radical (unpaired) electrons. The van der Waals surface area contributed by atoms with Gasteiger partial charge in [-0.25, -0.2) is 8.78 Å². The van der Waals surface area contributed by atoms with Crippen LogP contribution >= 0.6 is 11.6 Å². The Bertz CT molecular complexity index is 1390. The van der Waals surface area contributed by atoms with Crippen LogP contribution in [0.1, 0.15) is 18.1 Å². The van der Waals surface area contributed by atoms with Gasteiger partial charge in [0.25, 0.3) is 0 Å². The van der Waals surface area contributed by atoms with E-state index in [1.807, 2.05) is 13.0 Å². The standard InChI is InChI=1S/C24H15ClF2N2O/c1-2-13-3-6-15(7-4-13)22-18(26)10-20-23(24(22)27)21(30)11-19(29-20)16-9-14(12-28)5-8-17(16)25/h3-11H,2H2,1H3,(H,29,30). The van der Waals surface area contributed by atoms with Crippen LogP contribution in [0.15, 0.2) is 59.4 Å². The van der Waals surface area contributed by atoms with Crippen LogP contribution < -0.4 is 5.43 Å². The fraction of sp³-hybridized carbons (Fsp3) is 0.0833. The fourth-order valence-electron chi connectivity index (χ4n) is 3.46. The number of nitriles is 1. The summed E-state index contributed by atoms with van der Waals surface area (Å²) in [7, 11) is 0. The van der Waals surface area contributed by atoms with Crippen molar-refractivity contribution in [3.8, 4) is 28.5 Å². The van der Waals surface area contributed by atoms with E-state index >= 15 is 4.39 Å². The Balaban J connectivity index is 1.94. The number of benzene rings is 3. The highest BCUT2D eigenvalue weighted by Gasteiger charge is 2.19. The third-order valence-corrected chi connectivity index (χ3v) is 5.38. The number of nitrogens with zero attached hydrogens (tertiary/aromatic N) is 1. The summed E-state index contributed by atoms with van der Waals surface area (Å²) in [6.07, 6.45) is 0.807. The van der Waals surface area contributed by atoms with Crippen LogP contribution in [0.3, 0.4) is 0 Å². The van der Waals surface area contributed by atoms with Crippen LogP contribution in [0.5, 0.6) is 0 Å². The zero-order valence-corrected chi connectivity index (χ0v) is 16.6. The molecule has 148 valence electrons. The van der Waals surface area contributed by atoms with Gasteiger partial charge in [0.2, 0.25) is 0 Å². The summed E-state index contributed by atoms with van der Waals surface area (Å²) in [6, 6.07) is 15.8. The summed E-state index contributed by atoms with van der Waals surface area (Å²) >= 11 is 6.20. The molecular weight excluding hydrogens is 406 g/mol. The van der Waals surface area contributed by atoms with Crippen molar-refractivity contribution in [3.05, 3.63) is 92.6 Å². The van der Waals surface area contributed by atoms with E-state index in [0.717, 1.165) is 18.1 Å². The van der Waals surface area contributed by atoms with Crippen LogP contribution in [-0.2, 0) is 6.42 Å². The van der Waals surface area contributed by atoms with E-state index in [4.69, 9.17) is 16.9 Å². The average Bonchev–Trinajstić information content (AvgIpc) is 2.74. The van der Waals surface area contributed by atoms with E-state index in [1.165, 1.54) is 18.2 Å². The Morgan fingerprint density at radius 1 is 1.07 bits per heavy atom. The SMILES string of the molecule is CCc1ccc(-c2c(F)cc3[nH]c(-c4cc(C#N)ccc4Cl)cc(=O)c3c2F)cc1. The molecule has 0 aliphatic carbocycles. The Hall–Kier alpha value is -3.49. The van der Waals surface area contributed by atoms with Gasteiger partial charge in [-0.15, -0.1) is 0 Å². The molecule has 4 aromatic rings. The van der Waals surface area contributed by atoms with Gasteiger partial charge in [-0.2, -0.15) is 5.26 Å². The third kappa shape index (κ3) is 3.36. The van der Waals surface area contributed by atoms with Crippen LogP contribution in [0.25, 0.3) is 33.3 Å². The van der Waals surface area contributed by atoms with Gasteiger partial charge in [-0.1, -0.05) is 42.8 Å². The first-order valence-electron chi connectivity index (χ1n) is 9.27. The Morgan fingerprint density at radius 2 is 1.80 bits per heavy atom. The molecule has 0 atom stereocenters. The van der Waals surface area contributed by atoms with Gasteiger partial charge in [0.1, 0.15) is 11.6 Å². The van der Waals surface area contributed by atoms with E-state index < -0.39 is 17.1 Å². The van der Waals surface area contributed by atoms with Gasteiger partial charge >= 0.3 is 0 Å². The normalized spacial score (nSPS) is 10.9. The maximum Gasteiger partial charge on any atom is 0.193 e. The first-order chi connectivity index (χ1) is 14.4. The number of aromatic nitrogens is 1. The number of nitrogens with one attached hydrogen (secondary N) is 1. The second-order valence-electron chi connectivity index (χ2n) is 6.87. The quantitative estimate of drug-likeness (QED) is 0.427. The lowest BCUT2D eigenvalue weighted by atomic mass is 9.99. The summed E-state index contributed by atoms with van der Waals surface area (Å²) in [5.41, 5.74) is 1.58. The number of pyridine rings is 1. The van der Waals surface area contributed by atoms with Gasteiger partial charge in [0, 0.05) is 16.7 Å². The van der Waals surface area contributed by atoms with E-state index in [0.29, 0.717) is 21.7 Å². The molecule has 0 saturated carbocycles. The zero-order valence-electron chi connectivity index (χ0n) is 15.9. The minimum Gasteiger partial charge on any atom is -0.354 e. The number of halogens is 3. The smallest absolute Gasteiger partial charge is 0.193 e. The molecule has 4 rings (SSSR count). The highest BCUT2D eigenvalue weighted by Crippen LogP contribution is 2.32. The molecule has 0 saturated heterocycles. The van der Waals surface area contributed by atoms with E-state index in [9.17, 15) is 9.18 Å². The lowest BCUT2D eigenvalue weighted by molar-refractivity contribution is 0.597. The maximum atomic E-state index is 15.3. The molecule has 0 fully saturated rings. The van der Waals surface area contributed by atoms with Gasteiger partial charge in [0.15, 0.2) is 5.43 Å². The van der Waals surface area contributed by atoms with Gasteiger partial charge in [-0.3, -0.25) is 4.79 Å². The predicted octanol–water partition coefficient (Wildman–Crippen LogP) is 6.23. The summed E-state index contributed by atoms with van der Waals surface area (Å²) in [5.74, 6) is -1.70. The molecule has 30 heavy (non-hydrogen) atoms. The number of fused-ring (bicyclic) bond motifs is 1. The number of H-pyrrole nitrogens is 1. The largest absolute Gasteiger partial charge is 0.354 e. The van der Waals surface area contributed by atoms with Crippen molar-refractivity contribution in [1.29, 1.82) is 5.26 Å². The minimum absolute atomic E-state index is 0.0138. The van der Waals surface area contributed by atoms with Crippen molar-refractivity contribution in [2.45, 2.75) is 13.3 Å². The number of rotatable bonds is 3.